The van der Waals surface area contributed by atoms with Crippen LogP contribution in [-0.4, -0.2) is 22.3 Å². The zero-order chi connectivity index (χ0) is 17.8. The van der Waals surface area contributed by atoms with E-state index in [1.807, 2.05) is 13.0 Å². The number of anilines is 1. The van der Waals surface area contributed by atoms with Crippen LogP contribution in [0.3, 0.4) is 0 Å². The first-order chi connectivity index (χ1) is 12.1. The molecule has 1 N–H and O–H groups in total. The first-order valence-corrected chi connectivity index (χ1v) is 8.14. The van der Waals surface area contributed by atoms with Gasteiger partial charge in [-0.15, -0.1) is 5.10 Å². The van der Waals surface area contributed by atoms with Gasteiger partial charge in [0.15, 0.2) is 0 Å². The minimum absolute atomic E-state index is 0.226. The van der Waals surface area contributed by atoms with Gasteiger partial charge in [-0.2, -0.15) is 0 Å². The smallest absolute Gasteiger partial charge is 0.275 e. The van der Waals surface area contributed by atoms with Crippen molar-refractivity contribution in [3.8, 4) is 5.88 Å². The number of benzene rings is 2. The lowest BCUT2D eigenvalue weighted by atomic mass is 10.2. The second-order valence-corrected chi connectivity index (χ2v) is 5.74. The lowest BCUT2D eigenvalue weighted by Gasteiger charge is -2.11. The molecule has 0 radical (unpaired) electrons. The Morgan fingerprint density at radius 3 is 2.68 bits per heavy atom. The van der Waals surface area contributed by atoms with Crippen LogP contribution in [0.4, 0.5) is 5.69 Å². The van der Waals surface area contributed by atoms with Gasteiger partial charge in [-0.25, -0.2) is 4.68 Å². The lowest BCUT2D eigenvalue weighted by Crippen LogP contribution is -2.30. The van der Waals surface area contributed by atoms with Gasteiger partial charge in [0.1, 0.15) is 6.54 Å². The maximum atomic E-state index is 12.6. The monoisotopic (exact) mass is 357 g/mol. The van der Waals surface area contributed by atoms with Gasteiger partial charge in [0, 0.05) is 10.7 Å². The van der Waals surface area contributed by atoms with E-state index >= 15 is 0 Å². The van der Waals surface area contributed by atoms with Crippen molar-refractivity contribution in [2.24, 2.45) is 0 Å². The molecule has 1 amide bonds. The summed E-state index contributed by atoms with van der Waals surface area (Å²) in [5.41, 5.74) is 0.205. The predicted octanol–water partition coefficient (Wildman–Crippen LogP) is 3.09. The summed E-state index contributed by atoms with van der Waals surface area (Å²) in [6.45, 7) is 2.01. The third kappa shape index (κ3) is 3.80. The number of amides is 1. The fourth-order valence-corrected chi connectivity index (χ4v) is 2.65. The molecule has 2 aromatic carbocycles. The van der Waals surface area contributed by atoms with E-state index in [1.54, 1.807) is 42.5 Å². The van der Waals surface area contributed by atoms with E-state index in [4.69, 9.17) is 16.3 Å². The van der Waals surface area contributed by atoms with Crippen molar-refractivity contribution in [2.45, 2.75) is 13.5 Å². The molecule has 3 aromatic rings. The van der Waals surface area contributed by atoms with Crippen molar-refractivity contribution in [2.75, 3.05) is 11.9 Å². The van der Waals surface area contributed by atoms with Crippen LogP contribution in [-0.2, 0) is 11.3 Å². The van der Waals surface area contributed by atoms with E-state index in [0.29, 0.717) is 34.0 Å². The van der Waals surface area contributed by atoms with Crippen molar-refractivity contribution >= 4 is 34.0 Å². The molecule has 0 aliphatic carbocycles. The van der Waals surface area contributed by atoms with Crippen LogP contribution in [0.15, 0.2) is 53.3 Å². The lowest BCUT2D eigenvalue weighted by molar-refractivity contribution is -0.117. The van der Waals surface area contributed by atoms with Crippen molar-refractivity contribution in [3.63, 3.8) is 0 Å². The molecular weight excluding hydrogens is 342 g/mol. The maximum absolute atomic E-state index is 12.6. The fraction of sp³-hybridized carbons (Fsp3) is 0.167. The second-order valence-electron chi connectivity index (χ2n) is 5.31. The van der Waals surface area contributed by atoms with Crippen LogP contribution >= 0.6 is 11.6 Å². The van der Waals surface area contributed by atoms with Gasteiger partial charge in [-0.3, -0.25) is 9.59 Å². The number of hydrogen-bond acceptors (Lipinski definition) is 4. The molecule has 0 spiro atoms. The summed E-state index contributed by atoms with van der Waals surface area (Å²) in [6.07, 6.45) is 0. The van der Waals surface area contributed by atoms with Crippen molar-refractivity contribution in [1.29, 1.82) is 0 Å². The van der Waals surface area contributed by atoms with E-state index in [2.05, 4.69) is 10.4 Å². The number of nitrogens with one attached hydrogen (secondary N) is 1. The van der Waals surface area contributed by atoms with Gasteiger partial charge in [0.25, 0.3) is 5.56 Å². The number of carbonyl (C=O) groups is 1. The predicted molar refractivity (Wildman–Crippen MR) is 97.3 cm³/mol. The van der Waals surface area contributed by atoms with Crippen LogP contribution in [0.2, 0.25) is 5.02 Å². The van der Waals surface area contributed by atoms with E-state index in [9.17, 15) is 9.59 Å². The Hall–Kier alpha value is -2.86. The molecule has 0 aliphatic heterocycles. The number of halogens is 1. The van der Waals surface area contributed by atoms with E-state index in [0.717, 1.165) is 4.68 Å². The zero-order valence-corrected chi connectivity index (χ0v) is 14.3. The van der Waals surface area contributed by atoms with E-state index in [-0.39, 0.29) is 18.0 Å². The van der Waals surface area contributed by atoms with Gasteiger partial charge < -0.3 is 10.1 Å². The fourth-order valence-electron chi connectivity index (χ4n) is 2.46. The van der Waals surface area contributed by atoms with Crippen LogP contribution in [0.25, 0.3) is 10.8 Å². The topological polar surface area (TPSA) is 73.2 Å². The molecule has 0 bridgehead atoms. The summed E-state index contributed by atoms with van der Waals surface area (Å²) in [5.74, 6) is -0.0529. The van der Waals surface area contributed by atoms with Gasteiger partial charge in [0.05, 0.1) is 17.4 Å². The van der Waals surface area contributed by atoms with Gasteiger partial charge in [-0.1, -0.05) is 29.8 Å². The molecule has 3 rings (SSSR count). The number of rotatable bonds is 5. The van der Waals surface area contributed by atoms with Gasteiger partial charge in [0.2, 0.25) is 11.8 Å². The normalized spacial score (nSPS) is 10.6. The van der Waals surface area contributed by atoms with Crippen LogP contribution < -0.4 is 15.6 Å². The average Bonchev–Trinajstić information content (AvgIpc) is 2.59. The summed E-state index contributed by atoms with van der Waals surface area (Å²) < 4.78 is 6.61. The molecule has 0 aliphatic rings. The molecule has 1 aromatic heterocycles. The Morgan fingerprint density at radius 2 is 1.96 bits per heavy atom. The number of fused-ring (bicyclic) bond motifs is 1. The quantitative estimate of drug-likeness (QED) is 0.761. The second kappa shape index (κ2) is 7.36. The minimum Gasteiger partial charge on any atom is -0.477 e. The first kappa shape index (κ1) is 17.0. The number of hydrogen-bond donors (Lipinski definition) is 1. The molecule has 7 heteroatoms. The molecule has 25 heavy (non-hydrogen) atoms. The Labute approximate surface area is 149 Å². The maximum Gasteiger partial charge on any atom is 0.275 e. The highest BCUT2D eigenvalue weighted by Gasteiger charge is 2.13. The highest BCUT2D eigenvalue weighted by atomic mass is 35.5. The third-order valence-corrected chi connectivity index (χ3v) is 3.75. The number of carbonyl (C=O) groups excluding carboxylic acids is 1. The minimum atomic E-state index is -0.380. The van der Waals surface area contributed by atoms with Crippen LogP contribution in [0, 0.1) is 0 Å². The third-order valence-electron chi connectivity index (χ3n) is 3.52. The molecule has 0 fully saturated rings. The molecular formula is C18H16ClN3O3. The standard InChI is InChI=1S/C18H16ClN3O3/c1-2-25-17-14-8-3-4-9-15(14)18(24)22(21-17)11-16(23)20-13-7-5-6-12(19)10-13/h3-10H,2,11H2,1H3,(H,20,23). The van der Waals surface area contributed by atoms with Gasteiger partial charge >= 0.3 is 0 Å². The highest BCUT2D eigenvalue weighted by Crippen LogP contribution is 2.20. The van der Waals surface area contributed by atoms with Crippen molar-refractivity contribution in [1.82, 2.24) is 9.78 Å². The summed E-state index contributed by atoms with van der Waals surface area (Å²) in [4.78, 5) is 24.8. The Balaban J connectivity index is 1.91. The first-order valence-electron chi connectivity index (χ1n) is 7.76. The number of ether oxygens (including phenoxy) is 1. The summed E-state index contributed by atoms with van der Waals surface area (Å²) in [5, 5.41) is 8.47. The van der Waals surface area contributed by atoms with Crippen LogP contribution in [0.1, 0.15) is 6.92 Å². The Morgan fingerprint density at radius 1 is 1.20 bits per heavy atom. The molecule has 0 unspecified atom stereocenters. The average molecular weight is 358 g/mol. The summed E-state index contributed by atoms with van der Waals surface area (Å²) in [6, 6.07) is 13.8. The van der Waals surface area contributed by atoms with Crippen molar-refractivity contribution < 1.29 is 9.53 Å². The van der Waals surface area contributed by atoms with Crippen LogP contribution in [0.5, 0.6) is 5.88 Å². The molecule has 128 valence electrons. The largest absolute Gasteiger partial charge is 0.477 e. The summed E-state index contributed by atoms with van der Waals surface area (Å²) >= 11 is 5.90. The van der Waals surface area contributed by atoms with Gasteiger partial charge in [-0.05, 0) is 37.3 Å². The Kier molecular flexibility index (Phi) is 5.00. The van der Waals surface area contributed by atoms with Crippen molar-refractivity contribution in [3.05, 3.63) is 63.9 Å². The van der Waals surface area contributed by atoms with E-state index < -0.39 is 0 Å². The SMILES string of the molecule is CCOc1nn(CC(=O)Nc2cccc(Cl)c2)c(=O)c2ccccc12. The molecule has 0 atom stereocenters. The molecule has 1 heterocycles. The highest BCUT2D eigenvalue weighted by molar-refractivity contribution is 6.30. The molecule has 6 nitrogen and oxygen atoms in total. The number of nitrogens with zero attached hydrogens (tertiary/aromatic N) is 2. The summed E-state index contributed by atoms with van der Waals surface area (Å²) in [7, 11) is 0. The zero-order valence-electron chi connectivity index (χ0n) is 13.5. The molecule has 0 saturated heterocycles. The number of aromatic nitrogens is 2. The van der Waals surface area contributed by atoms with E-state index in [1.165, 1.54) is 0 Å². The Bertz CT molecular complexity index is 985. The molecule has 0 saturated carbocycles.